The lowest BCUT2D eigenvalue weighted by molar-refractivity contribution is -0.132. The van der Waals surface area contributed by atoms with E-state index in [-0.39, 0.29) is 18.4 Å². The van der Waals surface area contributed by atoms with Crippen LogP contribution < -0.4 is 5.32 Å². The second kappa shape index (κ2) is 6.07. The Balaban J connectivity index is 1.93. The average molecular weight is 283 g/mol. The summed E-state index contributed by atoms with van der Waals surface area (Å²) in [6.45, 7) is 4.84. The summed E-state index contributed by atoms with van der Waals surface area (Å²) in [4.78, 5) is 27.9. The Bertz CT molecular complexity index is 469. The van der Waals surface area contributed by atoms with E-state index in [9.17, 15) is 9.59 Å². The topological polar surface area (TPSA) is 78.4 Å². The van der Waals surface area contributed by atoms with Crippen LogP contribution in [0, 0.1) is 6.92 Å². The number of aryl methyl sites for hydroxylation is 1. The van der Waals surface area contributed by atoms with Crippen molar-refractivity contribution in [3.63, 3.8) is 0 Å². The van der Waals surface area contributed by atoms with Crippen LogP contribution in [-0.4, -0.2) is 71.0 Å². The van der Waals surface area contributed by atoms with Crippen molar-refractivity contribution in [2.45, 2.75) is 6.92 Å². The molecule has 7 nitrogen and oxygen atoms in total. The van der Waals surface area contributed by atoms with E-state index in [4.69, 9.17) is 0 Å². The highest BCUT2D eigenvalue weighted by atomic mass is 32.1. The minimum absolute atomic E-state index is 0.0209. The number of carbonyl (C=O) groups excluding carboxylic acids is 2. The van der Waals surface area contributed by atoms with E-state index in [1.165, 1.54) is 4.90 Å². The number of likely N-dealkylation sites (N-methyl/N-ethyl adjacent to an activating group) is 1. The number of nitrogens with zero attached hydrogens (tertiary/aromatic N) is 4. The van der Waals surface area contributed by atoms with Crippen molar-refractivity contribution in [3.8, 4) is 0 Å². The van der Waals surface area contributed by atoms with Gasteiger partial charge in [-0.1, -0.05) is 4.49 Å². The van der Waals surface area contributed by atoms with Gasteiger partial charge in [0.1, 0.15) is 4.88 Å². The van der Waals surface area contributed by atoms with Crippen molar-refractivity contribution in [1.29, 1.82) is 0 Å². The maximum absolute atomic E-state index is 12.1. The van der Waals surface area contributed by atoms with Gasteiger partial charge >= 0.3 is 0 Å². The highest BCUT2D eigenvalue weighted by molar-refractivity contribution is 7.07. The number of aromatic nitrogens is 2. The molecule has 1 aromatic heterocycles. The smallest absolute Gasteiger partial charge is 0.267 e. The van der Waals surface area contributed by atoms with Gasteiger partial charge in [0.15, 0.2) is 0 Å². The van der Waals surface area contributed by atoms with Gasteiger partial charge in [-0.05, 0) is 18.5 Å². The van der Waals surface area contributed by atoms with Crippen LogP contribution in [0.15, 0.2) is 0 Å². The first-order valence-electron chi connectivity index (χ1n) is 6.12. The molecule has 19 heavy (non-hydrogen) atoms. The Labute approximate surface area is 115 Å². The molecule has 0 bridgehead atoms. The van der Waals surface area contributed by atoms with Gasteiger partial charge in [0.05, 0.1) is 12.2 Å². The lowest BCUT2D eigenvalue weighted by atomic mass is 10.3. The third kappa shape index (κ3) is 3.27. The SMILES string of the molecule is Cc1nnsc1C(=O)N(C)CC(=O)N1CCNCC1. The zero-order valence-corrected chi connectivity index (χ0v) is 11.9. The summed E-state index contributed by atoms with van der Waals surface area (Å²) in [5.74, 6) is -0.219. The third-order valence-corrected chi connectivity index (χ3v) is 3.85. The predicted molar refractivity (Wildman–Crippen MR) is 71.1 cm³/mol. The van der Waals surface area contributed by atoms with Crippen LogP contribution in [0.25, 0.3) is 0 Å². The molecule has 104 valence electrons. The first-order chi connectivity index (χ1) is 9.09. The Morgan fingerprint density at radius 3 is 2.68 bits per heavy atom. The monoisotopic (exact) mass is 283 g/mol. The number of rotatable bonds is 3. The van der Waals surface area contributed by atoms with Crippen molar-refractivity contribution in [2.75, 3.05) is 39.8 Å². The molecule has 0 unspecified atom stereocenters. The fraction of sp³-hybridized carbons (Fsp3) is 0.636. The molecular formula is C11H17N5O2S. The lowest BCUT2D eigenvalue weighted by Gasteiger charge is -2.29. The summed E-state index contributed by atoms with van der Waals surface area (Å²) < 4.78 is 3.73. The molecule has 0 spiro atoms. The summed E-state index contributed by atoms with van der Waals surface area (Å²) in [7, 11) is 1.63. The molecule has 0 atom stereocenters. The second-order valence-corrected chi connectivity index (χ2v) is 5.23. The minimum atomic E-state index is -0.198. The van der Waals surface area contributed by atoms with Gasteiger partial charge in [-0.2, -0.15) is 0 Å². The van der Waals surface area contributed by atoms with Crippen molar-refractivity contribution < 1.29 is 9.59 Å². The summed E-state index contributed by atoms with van der Waals surface area (Å²) in [5.41, 5.74) is 0.608. The zero-order valence-electron chi connectivity index (χ0n) is 11.0. The molecule has 0 radical (unpaired) electrons. The van der Waals surface area contributed by atoms with Gasteiger partial charge < -0.3 is 15.1 Å². The Morgan fingerprint density at radius 1 is 1.42 bits per heavy atom. The van der Waals surface area contributed by atoms with Gasteiger partial charge in [-0.25, -0.2) is 0 Å². The van der Waals surface area contributed by atoms with Crippen LogP contribution >= 0.6 is 11.5 Å². The van der Waals surface area contributed by atoms with Gasteiger partial charge in [0.2, 0.25) is 5.91 Å². The fourth-order valence-corrected chi connectivity index (χ4v) is 2.54. The molecule has 1 aliphatic heterocycles. The normalized spacial score (nSPS) is 15.4. The highest BCUT2D eigenvalue weighted by Gasteiger charge is 2.22. The molecule has 1 saturated heterocycles. The van der Waals surface area contributed by atoms with Gasteiger partial charge in [-0.15, -0.1) is 5.10 Å². The van der Waals surface area contributed by atoms with E-state index >= 15 is 0 Å². The molecule has 8 heteroatoms. The van der Waals surface area contributed by atoms with Crippen molar-refractivity contribution in [2.24, 2.45) is 0 Å². The standard InChI is InChI=1S/C11H17N5O2S/c1-8-10(19-14-13-8)11(18)15(2)7-9(17)16-5-3-12-4-6-16/h12H,3-7H2,1-2H3. The van der Waals surface area contributed by atoms with Crippen LogP contribution in [-0.2, 0) is 4.79 Å². The van der Waals surface area contributed by atoms with Crippen LogP contribution in [0.4, 0.5) is 0 Å². The summed E-state index contributed by atoms with van der Waals surface area (Å²) in [5, 5.41) is 6.99. The summed E-state index contributed by atoms with van der Waals surface area (Å²) in [6, 6.07) is 0. The molecule has 0 aromatic carbocycles. The number of hydrogen-bond acceptors (Lipinski definition) is 6. The second-order valence-electron chi connectivity index (χ2n) is 4.48. The maximum atomic E-state index is 12.1. The van der Waals surface area contributed by atoms with Crippen molar-refractivity contribution in [3.05, 3.63) is 10.6 Å². The maximum Gasteiger partial charge on any atom is 0.267 e. The number of nitrogens with one attached hydrogen (secondary N) is 1. The van der Waals surface area contributed by atoms with Crippen molar-refractivity contribution >= 4 is 23.3 Å². The van der Waals surface area contributed by atoms with Crippen LogP contribution in [0.5, 0.6) is 0 Å². The van der Waals surface area contributed by atoms with E-state index in [1.807, 2.05) is 0 Å². The lowest BCUT2D eigenvalue weighted by Crippen LogP contribution is -2.49. The van der Waals surface area contributed by atoms with E-state index in [2.05, 4.69) is 14.9 Å². The number of amides is 2. The van der Waals surface area contributed by atoms with Gasteiger partial charge in [0.25, 0.3) is 5.91 Å². The quantitative estimate of drug-likeness (QED) is 0.797. The van der Waals surface area contributed by atoms with Crippen LogP contribution in [0.3, 0.4) is 0 Å². The number of piperazine rings is 1. The predicted octanol–water partition coefficient (Wildman–Crippen LogP) is -0.650. The molecule has 1 aliphatic rings. The molecule has 0 aliphatic carbocycles. The minimum Gasteiger partial charge on any atom is -0.339 e. The van der Waals surface area contributed by atoms with E-state index < -0.39 is 0 Å². The fourth-order valence-electron chi connectivity index (χ4n) is 1.89. The van der Waals surface area contributed by atoms with Crippen LogP contribution in [0.1, 0.15) is 15.4 Å². The molecule has 2 rings (SSSR count). The highest BCUT2D eigenvalue weighted by Crippen LogP contribution is 2.11. The summed E-state index contributed by atoms with van der Waals surface area (Å²) >= 11 is 1.06. The molecule has 1 fully saturated rings. The average Bonchev–Trinajstić information content (AvgIpc) is 2.85. The van der Waals surface area contributed by atoms with Crippen LogP contribution in [0.2, 0.25) is 0 Å². The Kier molecular flexibility index (Phi) is 4.43. The first-order valence-corrected chi connectivity index (χ1v) is 6.90. The van der Waals surface area contributed by atoms with E-state index in [0.717, 1.165) is 24.6 Å². The third-order valence-electron chi connectivity index (χ3n) is 3.03. The van der Waals surface area contributed by atoms with E-state index in [1.54, 1.807) is 18.9 Å². The largest absolute Gasteiger partial charge is 0.339 e. The van der Waals surface area contributed by atoms with Gasteiger partial charge in [0, 0.05) is 33.2 Å². The molecule has 1 aromatic rings. The molecule has 2 heterocycles. The number of carbonyl (C=O) groups is 2. The first kappa shape index (κ1) is 13.9. The zero-order chi connectivity index (χ0) is 13.8. The Morgan fingerprint density at radius 2 is 2.11 bits per heavy atom. The number of hydrogen-bond donors (Lipinski definition) is 1. The molecule has 1 N–H and O–H groups in total. The van der Waals surface area contributed by atoms with Gasteiger partial charge in [-0.3, -0.25) is 9.59 Å². The van der Waals surface area contributed by atoms with Crippen molar-refractivity contribution in [1.82, 2.24) is 24.7 Å². The Hall–Kier alpha value is -1.54. The van der Waals surface area contributed by atoms with E-state index in [0.29, 0.717) is 23.7 Å². The molecular weight excluding hydrogens is 266 g/mol. The molecule has 0 saturated carbocycles. The molecule has 2 amide bonds. The summed E-state index contributed by atoms with van der Waals surface area (Å²) in [6.07, 6.45) is 0.